The lowest BCUT2D eigenvalue weighted by molar-refractivity contribution is -0.163. The van der Waals surface area contributed by atoms with Gasteiger partial charge in [-0.15, -0.1) is 0 Å². The summed E-state index contributed by atoms with van der Waals surface area (Å²) < 4.78 is 98.4. The molecule has 0 amide bonds. The normalized spacial score (nSPS) is 12.5. The molecule has 0 aliphatic heterocycles. The van der Waals surface area contributed by atoms with Gasteiger partial charge in [0.15, 0.2) is 29.0 Å². The number of benzene rings is 3. The Morgan fingerprint density at radius 3 is 2.12 bits per heavy atom. The molecule has 0 bridgehead atoms. The van der Waals surface area contributed by atoms with E-state index < -0.39 is 47.5 Å². The van der Waals surface area contributed by atoms with Crippen molar-refractivity contribution in [2.24, 2.45) is 0 Å². The van der Waals surface area contributed by atoms with Gasteiger partial charge in [0.2, 0.25) is 0 Å². The summed E-state index contributed by atoms with van der Waals surface area (Å²) in [5.41, 5.74) is -0.277. The number of para-hydroxylation sites is 1. The van der Waals surface area contributed by atoms with Crippen LogP contribution in [0.15, 0.2) is 60.7 Å². The SMILES string of the molecule is CCOc1c(F)cc([C@@H](COCc2ccc(F)c(Oc3ccccc3)c2)C(F)(F)F)cc1F. The van der Waals surface area contributed by atoms with E-state index in [2.05, 4.69) is 0 Å². The summed E-state index contributed by atoms with van der Waals surface area (Å²) in [4.78, 5) is 0. The molecular formula is C24H20F6O3. The molecule has 0 unspecified atom stereocenters. The molecule has 0 aliphatic rings. The molecular weight excluding hydrogens is 450 g/mol. The zero-order valence-corrected chi connectivity index (χ0v) is 17.5. The Hall–Kier alpha value is -3.20. The van der Waals surface area contributed by atoms with Crippen LogP contribution in [0, 0.1) is 17.5 Å². The van der Waals surface area contributed by atoms with Crippen molar-refractivity contribution >= 4 is 0 Å². The molecule has 0 radical (unpaired) electrons. The maximum absolute atomic E-state index is 14.1. The van der Waals surface area contributed by atoms with Crippen molar-refractivity contribution in [3.05, 3.63) is 89.2 Å². The van der Waals surface area contributed by atoms with Crippen LogP contribution >= 0.6 is 0 Å². The molecule has 0 aromatic heterocycles. The quantitative estimate of drug-likeness (QED) is 0.311. The van der Waals surface area contributed by atoms with Gasteiger partial charge in [-0.05, 0) is 54.4 Å². The molecule has 0 N–H and O–H groups in total. The maximum Gasteiger partial charge on any atom is 0.397 e. The molecule has 0 spiro atoms. The van der Waals surface area contributed by atoms with E-state index in [-0.39, 0.29) is 19.0 Å². The highest BCUT2D eigenvalue weighted by atomic mass is 19.4. The Balaban J connectivity index is 1.72. The van der Waals surface area contributed by atoms with Gasteiger partial charge < -0.3 is 14.2 Å². The number of alkyl halides is 3. The Morgan fingerprint density at radius 2 is 1.52 bits per heavy atom. The third kappa shape index (κ3) is 6.41. The molecule has 33 heavy (non-hydrogen) atoms. The summed E-state index contributed by atoms with van der Waals surface area (Å²) in [6, 6.07) is 13.3. The number of ether oxygens (including phenoxy) is 3. The Kier molecular flexibility index (Phi) is 7.86. The first-order valence-electron chi connectivity index (χ1n) is 9.96. The minimum atomic E-state index is -4.82. The van der Waals surface area contributed by atoms with Crippen molar-refractivity contribution in [2.75, 3.05) is 13.2 Å². The molecule has 1 atom stereocenters. The summed E-state index contributed by atoms with van der Waals surface area (Å²) in [6.45, 7) is 0.236. The minimum absolute atomic E-state index is 0.0490. The molecule has 3 nitrogen and oxygen atoms in total. The predicted molar refractivity (Wildman–Crippen MR) is 109 cm³/mol. The summed E-state index contributed by atoms with van der Waals surface area (Å²) in [7, 11) is 0. The lowest BCUT2D eigenvalue weighted by Gasteiger charge is -2.21. The highest BCUT2D eigenvalue weighted by Crippen LogP contribution is 2.38. The first-order valence-corrected chi connectivity index (χ1v) is 9.96. The van der Waals surface area contributed by atoms with Gasteiger partial charge in [-0.3, -0.25) is 0 Å². The second kappa shape index (κ2) is 10.6. The second-order valence-electron chi connectivity index (χ2n) is 7.04. The molecule has 3 aromatic carbocycles. The van der Waals surface area contributed by atoms with Crippen LogP contribution in [0.5, 0.6) is 17.2 Å². The van der Waals surface area contributed by atoms with Gasteiger partial charge in [-0.25, -0.2) is 13.2 Å². The van der Waals surface area contributed by atoms with E-state index in [9.17, 15) is 26.3 Å². The molecule has 0 saturated carbocycles. The summed E-state index contributed by atoms with van der Waals surface area (Å²) >= 11 is 0. The largest absolute Gasteiger partial charge is 0.488 e. The van der Waals surface area contributed by atoms with E-state index in [4.69, 9.17) is 14.2 Å². The monoisotopic (exact) mass is 470 g/mol. The van der Waals surface area contributed by atoms with Crippen molar-refractivity contribution in [3.63, 3.8) is 0 Å². The maximum atomic E-state index is 14.1. The van der Waals surface area contributed by atoms with E-state index in [1.807, 2.05) is 0 Å². The van der Waals surface area contributed by atoms with Crippen molar-refractivity contribution in [2.45, 2.75) is 25.6 Å². The Bertz CT molecular complexity index is 1050. The van der Waals surface area contributed by atoms with Gasteiger partial charge in [0.05, 0.1) is 19.8 Å². The van der Waals surface area contributed by atoms with E-state index >= 15 is 0 Å². The van der Waals surface area contributed by atoms with Crippen LogP contribution in [0.3, 0.4) is 0 Å². The zero-order valence-electron chi connectivity index (χ0n) is 17.5. The highest BCUT2D eigenvalue weighted by Gasteiger charge is 2.41. The first-order chi connectivity index (χ1) is 15.7. The molecule has 3 aromatic rings. The summed E-state index contributed by atoms with van der Waals surface area (Å²) in [5, 5.41) is 0. The van der Waals surface area contributed by atoms with E-state index in [1.165, 1.54) is 19.1 Å². The number of halogens is 6. The lowest BCUT2D eigenvalue weighted by atomic mass is 9.98. The van der Waals surface area contributed by atoms with Gasteiger partial charge in [0.1, 0.15) is 11.7 Å². The van der Waals surface area contributed by atoms with Crippen molar-refractivity contribution in [1.82, 2.24) is 0 Å². The van der Waals surface area contributed by atoms with Crippen LogP contribution in [0.2, 0.25) is 0 Å². The van der Waals surface area contributed by atoms with Crippen LogP contribution in [-0.2, 0) is 11.3 Å². The molecule has 0 saturated heterocycles. The van der Waals surface area contributed by atoms with Crippen LogP contribution in [-0.4, -0.2) is 19.4 Å². The minimum Gasteiger partial charge on any atom is -0.488 e. The van der Waals surface area contributed by atoms with Crippen LogP contribution < -0.4 is 9.47 Å². The fourth-order valence-electron chi connectivity index (χ4n) is 3.07. The van der Waals surface area contributed by atoms with Crippen molar-refractivity contribution in [3.8, 4) is 17.2 Å². The highest BCUT2D eigenvalue weighted by molar-refractivity contribution is 5.36. The predicted octanol–water partition coefficient (Wildman–Crippen LogP) is 7.16. The third-order valence-electron chi connectivity index (χ3n) is 4.63. The van der Waals surface area contributed by atoms with Crippen LogP contribution in [0.1, 0.15) is 24.0 Å². The number of hydrogen-bond acceptors (Lipinski definition) is 3. The molecule has 176 valence electrons. The van der Waals surface area contributed by atoms with E-state index in [0.29, 0.717) is 23.4 Å². The van der Waals surface area contributed by atoms with Crippen molar-refractivity contribution in [1.29, 1.82) is 0 Å². The van der Waals surface area contributed by atoms with Gasteiger partial charge in [0.25, 0.3) is 0 Å². The lowest BCUT2D eigenvalue weighted by Crippen LogP contribution is -2.26. The Labute approximate surface area is 186 Å². The zero-order chi connectivity index (χ0) is 24.0. The number of rotatable bonds is 9. The topological polar surface area (TPSA) is 27.7 Å². The molecule has 9 heteroatoms. The molecule has 0 aliphatic carbocycles. The van der Waals surface area contributed by atoms with Crippen molar-refractivity contribution < 1.29 is 40.6 Å². The van der Waals surface area contributed by atoms with E-state index in [1.54, 1.807) is 30.3 Å². The van der Waals surface area contributed by atoms with Gasteiger partial charge in [0, 0.05) is 0 Å². The summed E-state index contributed by atoms with van der Waals surface area (Å²) in [5.74, 6) is -5.88. The summed E-state index contributed by atoms with van der Waals surface area (Å²) in [6.07, 6.45) is -4.82. The standard InChI is InChI=1S/C24H20F6O3/c1-2-32-23-20(26)11-16(12-21(23)27)18(24(28,29)30)14-31-13-15-8-9-19(25)22(10-15)33-17-6-4-3-5-7-17/h3-12,18H,2,13-14H2,1H3/t18-/m1/s1. The first kappa shape index (κ1) is 24.4. The van der Waals surface area contributed by atoms with Crippen LogP contribution in [0.4, 0.5) is 26.3 Å². The van der Waals surface area contributed by atoms with Gasteiger partial charge in [-0.2, -0.15) is 13.2 Å². The molecule has 0 heterocycles. The second-order valence-corrected chi connectivity index (χ2v) is 7.04. The third-order valence-corrected chi connectivity index (χ3v) is 4.63. The van der Waals surface area contributed by atoms with Crippen LogP contribution in [0.25, 0.3) is 0 Å². The fraction of sp³-hybridized carbons (Fsp3) is 0.250. The smallest absolute Gasteiger partial charge is 0.397 e. The van der Waals surface area contributed by atoms with Gasteiger partial charge >= 0.3 is 6.18 Å². The average molecular weight is 470 g/mol. The molecule has 0 fully saturated rings. The van der Waals surface area contributed by atoms with Gasteiger partial charge in [-0.1, -0.05) is 24.3 Å². The fourth-order valence-corrected chi connectivity index (χ4v) is 3.07. The average Bonchev–Trinajstić information content (AvgIpc) is 2.75. The molecule has 3 rings (SSSR count). The Morgan fingerprint density at radius 1 is 0.848 bits per heavy atom. The van der Waals surface area contributed by atoms with E-state index in [0.717, 1.165) is 6.07 Å². The number of hydrogen-bond donors (Lipinski definition) is 0.